The Morgan fingerprint density at radius 3 is 2.86 bits per heavy atom. The SMILES string of the molecule is CC(C)CC[C@]12O[C@@H](n3ccc(N)nc3=O)[C@H](F)[C@@]1(O)C2O. The molecule has 8 heteroatoms. The van der Waals surface area contributed by atoms with E-state index in [4.69, 9.17) is 10.5 Å². The van der Waals surface area contributed by atoms with Crippen molar-refractivity contribution in [2.75, 3.05) is 5.73 Å². The van der Waals surface area contributed by atoms with Gasteiger partial charge in [-0.1, -0.05) is 13.8 Å². The summed E-state index contributed by atoms with van der Waals surface area (Å²) in [5.74, 6) is 0.334. The number of alkyl halides is 1. The van der Waals surface area contributed by atoms with E-state index in [1.807, 2.05) is 13.8 Å². The average Bonchev–Trinajstić information content (AvgIpc) is 2.79. The van der Waals surface area contributed by atoms with E-state index in [1.54, 1.807) is 0 Å². The van der Waals surface area contributed by atoms with Gasteiger partial charge in [0.1, 0.15) is 17.5 Å². The van der Waals surface area contributed by atoms with Crippen LogP contribution in [0.4, 0.5) is 10.2 Å². The van der Waals surface area contributed by atoms with Crippen molar-refractivity contribution >= 4 is 5.82 Å². The quantitative estimate of drug-likeness (QED) is 0.720. The molecule has 122 valence electrons. The molecule has 4 N–H and O–H groups in total. The maximum Gasteiger partial charge on any atom is 0.351 e. The van der Waals surface area contributed by atoms with Crippen molar-refractivity contribution in [2.45, 2.75) is 56.4 Å². The summed E-state index contributed by atoms with van der Waals surface area (Å²) in [5, 5.41) is 20.4. The van der Waals surface area contributed by atoms with Crippen molar-refractivity contribution in [3.8, 4) is 0 Å². The number of fused-ring (bicyclic) bond motifs is 1. The number of halogens is 1. The first-order valence-corrected chi connectivity index (χ1v) is 7.31. The second-order valence-electron chi connectivity index (χ2n) is 6.50. The number of ether oxygens (including phenoxy) is 1. The highest BCUT2D eigenvalue weighted by molar-refractivity contribution is 5.35. The van der Waals surface area contributed by atoms with Crippen molar-refractivity contribution in [1.82, 2.24) is 9.55 Å². The molecule has 0 radical (unpaired) electrons. The minimum atomic E-state index is -1.98. The smallest absolute Gasteiger partial charge is 0.351 e. The zero-order valence-corrected chi connectivity index (χ0v) is 12.4. The lowest BCUT2D eigenvalue weighted by atomic mass is 10.0. The average molecular weight is 313 g/mol. The zero-order valence-electron chi connectivity index (χ0n) is 12.4. The van der Waals surface area contributed by atoms with Gasteiger partial charge in [-0.15, -0.1) is 0 Å². The first-order chi connectivity index (χ1) is 10.2. The number of aliphatic hydroxyl groups is 2. The summed E-state index contributed by atoms with van der Waals surface area (Å²) in [7, 11) is 0. The molecule has 1 unspecified atom stereocenters. The second kappa shape index (κ2) is 4.74. The van der Waals surface area contributed by atoms with Crippen molar-refractivity contribution in [3.05, 3.63) is 22.7 Å². The molecule has 2 aliphatic rings. The fourth-order valence-electron chi connectivity index (χ4n) is 3.25. The van der Waals surface area contributed by atoms with E-state index >= 15 is 0 Å². The van der Waals surface area contributed by atoms with Crippen LogP contribution in [0.15, 0.2) is 17.1 Å². The van der Waals surface area contributed by atoms with Gasteiger partial charge in [0.05, 0.1) is 0 Å². The Kier molecular flexibility index (Phi) is 3.32. The first-order valence-electron chi connectivity index (χ1n) is 7.31. The number of nitrogens with zero attached hydrogens (tertiary/aromatic N) is 2. The Hall–Kier alpha value is -1.51. The molecule has 1 saturated heterocycles. The molecule has 1 saturated carbocycles. The number of hydrogen-bond donors (Lipinski definition) is 3. The second-order valence-corrected chi connectivity index (χ2v) is 6.50. The monoisotopic (exact) mass is 313 g/mol. The van der Waals surface area contributed by atoms with Crippen LogP contribution in [0, 0.1) is 5.92 Å². The van der Waals surface area contributed by atoms with Crippen LogP contribution in [0.3, 0.4) is 0 Å². The van der Waals surface area contributed by atoms with Crippen LogP contribution < -0.4 is 11.4 Å². The predicted octanol–water partition coefficient (Wildman–Crippen LogP) is -0.0270. The van der Waals surface area contributed by atoms with Gasteiger partial charge < -0.3 is 20.7 Å². The third-order valence-corrected chi connectivity index (χ3v) is 4.67. The third kappa shape index (κ3) is 1.84. The van der Waals surface area contributed by atoms with E-state index in [0.29, 0.717) is 18.8 Å². The number of anilines is 1. The van der Waals surface area contributed by atoms with E-state index in [9.17, 15) is 19.4 Å². The fraction of sp³-hybridized carbons (Fsp3) is 0.714. The Morgan fingerprint density at radius 2 is 2.27 bits per heavy atom. The van der Waals surface area contributed by atoms with Gasteiger partial charge in [0.25, 0.3) is 0 Å². The van der Waals surface area contributed by atoms with Crippen LogP contribution in [0.25, 0.3) is 0 Å². The molecule has 1 aliphatic carbocycles. The molecular formula is C14H20FN3O4. The molecule has 1 aromatic heterocycles. The highest BCUT2D eigenvalue weighted by Crippen LogP contribution is 2.65. The normalized spacial score (nSPS) is 40.0. The number of nitrogens with two attached hydrogens (primary N) is 1. The molecule has 1 aliphatic heterocycles. The Labute approximate surface area is 126 Å². The topological polar surface area (TPSA) is 111 Å². The van der Waals surface area contributed by atoms with Gasteiger partial charge >= 0.3 is 5.69 Å². The molecule has 0 bridgehead atoms. The summed E-state index contributed by atoms with van der Waals surface area (Å²) in [6.45, 7) is 3.97. The molecule has 22 heavy (non-hydrogen) atoms. The standard InChI is InChI=1S/C14H20FN3O4/c1-7(2)3-5-13-11(19)14(13,21)9(15)10(22-13)18-6-4-8(16)17-12(18)20/h4,6-7,9-11,19,21H,3,5H2,1-2H3,(H2,16,17,20)/t9-,10+,11?,13+,14+/m0/s1. The minimum absolute atomic E-state index is 0.0214. The van der Waals surface area contributed by atoms with Crippen molar-refractivity contribution in [2.24, 2.45) is 5.92 Å². The highest BCUT2D eigenvalue weighted by atomic mass is 19.1. The summed E-state index contributed by atoms with van der Waals surface area (Å²) < 4.78 is 21.2. The van der Waals surface area contributed by atoms with Gasteiger partial charge in [-0.25, -0.2) is 9.18 Å². The van der Waals surface area contributed by atoms with E-state index < -0.39 is 35.4 Å². The summed E-state index contributed by atoms with van der Waals surface area (Å²) >= 11 is 0. The van der Waals surface area contributed by atoms with Crippen molar-refractivity contribution in [1.29, 1.82) is 0 Å². The van der Waals surface area contributed by atoms with Crippen LogP contribution in [0.1, 0.15) is 32.9 Å². The zero-order chi connectivity index (χ0) is 16.3. The summed E-state index contributed by atoms with van der Waals surface area (Å²) in [6.07, 6.45) is -2.27. The Bertz CT molecular complexity index is 651. The lowest BCUT2D eigenvalue weighted by Crippen LogP contribution is -2.38. The van der Waals surface area contributed by atoms with Gasteiger partial charge in [-0.3, -0.25) is 4.57 Å². The summed E-state index contributed by atoms with van der Waals surface area (Å²) in [6, 6.07) is 1.35. The molecule has 0 spiro atoms. The number of rotatable bonds is 4. The van der Waals surface area contributed by atoms with Crippen LogP contribution in [-0.4, -0.2) is 43.2 Å². The van der Waals surface area contributed by atoms with E-state index in [1.165, 1.54) is 12.3 Å². The van der Waals surface area contributed by atoms with Gasteiger partial charge in [-0.05, 0) is 24.8 Å². The van der Waals surface area contributed by atoms with Gasteiger partial charge in [0.2, 0.25) is 0 Å². The third-order valence-electron chi connectivity index (χ3n) is 4.67. The molecule has 7 nitrogen and oxygen atoms in total. The van der Waals surface area contributed by atoms with Crippen LogP contribution in [-0.2, 0) is 4.74 Å². The molecule has 2 fully saturated rings. The van der Waals surface area contributed by atoms with Gasteiger partial charge in [0.15, 0.2) is 18.0 Å². The molecule has 3 rings (SSSR count). The number of nitrogen functional groups attached to an aromatic ring is 1. The molecular weight excluding hydrogens is 293 g/mol. The van der Waals surface area contributed by atoms with Crippen LogP contribution in [0.2, 0.25) is 0 Å². The molecule has 1 aromatic rings. The largest absolute Gasteiger partial charge is 0.387 e. The fourth-order valence-corrected chi connectivity index (χ4v) is 3.25. The molecule has 0 aromatic carbocycles. The Balaban J connectivity index is 1.90. The molecule has 2 heterocycles. The van der Waals surface area contributed by atoms with Gasteiger partial charge in [0, 0.05) is 6.20 Å². The predicted molar refractivity (Wildman–Crippen MR) is 75.7 cm³/mol. The van der Waals surface area contributed by atoms with E-state index in [0.717, 1.165) is 4.57 Å². The van der Waals surface area contributed by atoms with E-state index in [-0.39, 0.29) is 5.82 Å². The van der Waals surface area contributed by atoms with Crippen LogP contribution in [0.5, 0.6) is 0 Å². The van der Waals surface area contributed by atoms with Crippen molar-refractivity contribution < 1.29 is 19.3 Å². The Morgan fingerprint density at radius 1 is 1.59 bits per heavy atom. The molecule has 5 atom stereocenters. The molecule has 0 amide bonds. The summed E-state index contributed by atoms with van der Waals surface area (Å²) in [5.41, 5.74) is 1.31. The lowest BCUT2D eigenvalue weighted by Gasteiger charge is -2.22. The van der Waals surface area contributed by atoms with E-state index in [2.05, 4.69) is 4.98 Å². The maximum atomic E-state index is 14.6. The minimum Gasteiger partial charge on any atom is -0.387 e. The first kappa shape index (κ1) is 15.4. The van der Waals surface area contributed by atoms with Gasteiger partial charge in [-0.2, -0.15) is 4.98 Å². The highest BCUT2D eigenvalue weighted by Gasteiger charge is 2.87. The number of aromatic nitrogens is 2. The number of aliphatic hydroxyl groups excluding tert-OH is 1. The number of hydrogen-bond acceptors (Lipinski definition) is 6. The van der Waals surface area contributed by atoms with Crippen molar-refractivity contribution in [3.63, 3.8) is 0 Å². The lowest BCUT2D eigenvalue weighted by molar-refractivity contribution is -0.0965. The van der Waals surface area contributed by atoms with Crippen LogP contribution >= 0.6 is 0 Å². The summed E-state index contributed by atoms with van der Waals surface area (Å²) in [4.78, 5) is 15.4. The maximum absolute atomic E-state index is 14.6.